The van der Waals surface area contributed by atoms with Crippen LogP contribution in [0.1, 0.15) is 12.5 Å². The van der Waals surface area contributed by atoms with Gasteiger partial charge in [-0.15, -0.1) is 0 Å². The molecule has 0 spiro atoms. The summed E-state index contributed by atoms with van der Waals surface area (Å²) in [6, 6.07) is 9.84. The second kappa shape index (κ2) is 6.23. The predicted octanol–water partition coefficient (Wildman–Crippen LogP) is 1.50. The zero-order valence-electron chi connectivity index (χ0n) is 9.55. The second-order valence-electron chi connectivity index (χ2n) is 3.82. The maximum absolute atomic E-state index is 11.2. The van der Waals surface area contributed by atoms with Crippen LogP contribution in [0.5, 0.6) is 0 Å². The van der Waals surface area contributed by atoms with Gasteiger partial charge >= 0.3 is 0 Å². The molecule has 0 aliphatic carbocycles. The Balaban J connectivity index is 2.54. The van der Waals surface area contributed by atoms with E-state index in [2.05, 4.69) is 4.99 Å². The van der Waals surface area contributed by atoms with Gasteiger partial charge < -0.3 is 5.73 Å². The van der Waals surface area contributed by atoms with Crippen LogP contribution in [0, 0.1) is 0 Å². The Bertz CT molecular complexity index is 425. The lowest BCUT2D eigenvalue weighted by Gasteiger charge is -2.18. The van der Waals surface area contributed by atoms with Gasteiger partial charge in [-0.05, 0) is 12.5 Å². The summed E-state index contributed by atoms with van der Waals surface area (Å²) in [4.78, 5) is 24.9. The topological polar surface area (TPSA) is 72.5 Å². The van der Waals surface area contributed by atoms with Crippen molar-refractivity contribution in [1.82, 2.24) is 0 Å². The van der Waals surface area contributed by atoms with Crippen molar-refractivity contribution in [3.63, 3.8) is 0 Å². The van der Waals surface area contributed by atoms with Gasteiger partial charge in [0.1, 0.15) is 0 Å². The molecule has 0 aliphatic rings. The van der Waals surface area contributed by atoms with E-state index in [1.165, 1.54) is 24.8 Å². The van der Waals surface area contributed by atoms with Crippen LogP contribution in [0.15, 0.2) is 35.3 Å². The Kier molecular flexibility index (Phi) is 4.94. The molecule has 2 N–H and O–H groups in total. The van der Waals surface area contributed by atoms with Gasteiger partial charge in [-0.2, -0.15) is 16.8 Å². The van der Waals surface area contributed by atoms with Crippen molar-refractivity contribution >= 4 is 23.7 Å². The number of amides is 1. The summed E-state index contributed by atoms with van der Waals surface area (Å²) in [5.41, 5.74) is 5.20. The zero-order chi connectivity index (χ0) is 12.7. The second-order valence-corrected chi connectivity index (χ2v) is 4.81. The molecule has 0 radical (unpaired) electrons. The Hall–Kier alpha value is -1.58. The molecule has 4 nitrogen and oxygen atoms in total. The quantitative estimate of drug-likeness (QED) is 0.614. The Labute approximate surface area is 104 Å². The van der Waals surface area contributed by atoms with E-state index < -0.39 is 11.4 Å². The van der Waals surface area contributed by atoms with Crippen LogP contribution in [0.2, 0.25) is 0 Å². The molecule has 90 valence electrons. The molecule has 1 aromatic carbocycles. The first-order valence-electron chi connectivity index (χ1n) is 5.09. The summed E-state index contributed by atoms with van der Waals surface area (Å²) in [6.45, 7) is 1.54. The molecule has 0 unspecified atom stereocenters. The molecule has 17 heavy (non-hydrogen) atoms. The van der Waals surface area contributed by atoms with Crippen molar-refractivity contribution in [1.29, 1.82) is 0 Å². The minimum Gasteiger partial charge on any atom is -0.368 e. The van der Waals surface area contributed by atoms with Crippen LogP contribution >= 0.6 is 11.8 Å². The van der Waals surface area contributed by atoms with Crippen LogP contribution < -0.4 is 5.73 Å². The third-order valence-corrected chi connectivity index (χ3v) is 3.62. The van der Waals surface area contributed by atoms with Gasteiger partial charge in [-0.3, -0.25) is 4.79 Å². The lowest BCUT2D eigenvalue weighted by molar-refractivity contribution is -0.121. The van der Waals surface area contributed by atoms with Crippen LogP contribution in [-0.2, 0) is 15.3 Å². The van der Waals surface area contributed by atoms with Gasteiger partial charge in [0.2, 0.25) is 12.0 Å². The largest absolute Gasteiger partial charge is 0.368 e. The first-order valence-corrected chi connectivity index (χ1v) is 6.24. The minimum atomic E-state index is -1.17. The summed E-state index contributed by atoms with van der Waals surface area (Å²) in [5.74, 6) is 0.506. The summed E-state index contributed by atoms with van der Waals surface area (Å²) in [6.07, 6.45) is 1.40. The first-order chi connectivity index (χ1) is 8.08. The predicted molar refractivity (Wildman–Crippen MR) is 68.3 cm³/mol. The van der Waals surface area contributed by atoms with E-state index in [4.69, 9.17) is 5.73 Å². The van der Waals surface area contributed by atoms with Gasteiger partial charge in [0.15, 0.2) is 5.54 Å². The molecule has 5 heteroatoms. The van der Waals surface area contributed by atoms with E-state index in [1.807, 2.05) is 30.3 Å². The summed E-state index contributed by atoms with van der Waals surface area (Å²) in [5, 5.41) is 0. The average Bonchev–Trinajstić information content (AvgIpc) is 2.30. The number of hydrogen-bond acceptors (Lipinski definition) is 4. The number of benzene rings is 1. The Morgan fingerprint density at radius 1 is 1.47 bits per heavy atom. The molecule has 0 heterocycles. The van der Waals surface area contributed by atoms with Crippen molar-refractivity contribution in [2.75, 3.05) is 5.75 Å². The molecule has 1 rings (SSSR count). The summed E-state index contributed by atoms with van der Waals surface area (Å²) >= 11 is 1.51. The number of rotatable bonds is 6. The summed E-state index contributed by atoms with van der Waals surface area (Å²) in [7, 11) is 0. The molecule has 1 amide bonds. The molecule has 1 aromatic rings. The Morgan fingerprint density at radius 3 is 2.65 bits per heavy atom. The molecular formula is C12H14N2O2S. The van der Waals surface area contributed by atoms with E-state index in [-0.39, 0.29) is 0 Å². The number of primary amides is 1. The number of isocyanates is 1. The van der Waals surface area contributed by atoms with Gasteiger partial charge in [0.25, 0.3) is 0 Å². The third-order valence-electron chi connectivity index (χ3n) is 2.32. The fraction of sp³-hybridized carbons (Fsp3) is 0.333. The van der Waals surface area contributed by atoms with E-state index in [1.54, 1.807) is 0 Å². The van der Waals surface area contributed by atoms with Crippen LogP contribution in [-0.4, -0.2) is 23.3 Å². The Morgan fingerprint density at radius 2 is 2.12 bits per heavy atom. The maximum Gasteiger partial charge on any atom is 0.246 e. The number of thioether (sulfide) groups is 1. The number of carbonyl (C=O) groups excluding carboxylic acids is 2. The molecule has 0 saturated heterocycles. The van der Waals surface area contributed by atoms with Gasteiger partial charge in [-0.25, -0.2) is 4.79 Å². The highest BCUT2D eigenvalue weighted by Crippen LogP contribution is 2.20. The lowest BCUT2D eigenvalue weighted by atomic mass is 10.1. The van der Waals surface area contributed by atoms with Crippen molar-refractivity contribution in [3.8, 4) is 0 Å². The fourth-order valence-corrected chi connectivity index (χ4v) is 2.34. The number of carbonyl (C=O) groups is 1. The van der Waals surface area contributed by atoms with Crippen molar-refractivity contribution in [2.24, 2.45) is 10.7 Å². The standard InChI is InChI=1S/C12H14N2O2S/c1-12(11(13)16,14-9-15)8-17-7-10-5-3-2-4-6-10/h2-6H,7-8H2,1H3,(H2,13,16)/t12-/m1/s1. The van der Waals surface area contributed by atoms with E-state index >= 15 is 0 Å². The van der Waals surface area contributed by atoms with Crippen LogP contribution in [0.3, 0.4) is 0 Å². The molecule has 0 fully saturated rings. The molecule has 0 aliphatic heterocycles. The third kappa shape index (κ3) is 4.06. The van der Waals surface area contributed by atoms with Crippen molar-refractivity contribution < 1.29 is 9.59 Å². The van der Waals surface area contributed by atoms with Crippen LogP contribution in [0.4, 0.5) is 0 Å². The van der Waals surface area contributed by atoms with E-state index in [0.717, 1.165) is 11.3 Å². The van der Waals surface area contributed by atoms with Crippen LogP contribution in [0.25, 0.3) is 0 Å². The number of hydrogen-bond donors (Lipinski definition) is 1. The smallest absolute Gasteiger partial charge is 0.246 e. The number of aliphatic imine (C=N–C) groups is 1. The average molecular weight is 250 g/mol. The molecule has 1 atom stereocenters. The lowest BCUT2D eigenvalue weighted by Crippen LogP contribution is -2.41. The highest BCUT2D eigenvalue weighted by molar-refractivity contribution is 7.98. The normalized spacial score (nSPS) is 13.5. The van der Waals surface area contributed by atoms with Crippen molar-refractivity contribution in [3.05, 3.63) is 35.9 Å². The van der Waals surface area contributed by atoms with E-state index in [0.29, 0.717) is 5.75 Å². The van der Waals surface area contributed by atoms with Crippen molar-refractivity contribution in [2.45, 2.75) is 18.2 Å². The van der Waals surface area contributed by atoms with E-state index in [9.17, 15) is 9.59 Å². The van der Waals surface area contributed by atoms with Gasteiger partial charge in [0, 0.05) is 11.5 Å². The molecule has 0 saturated carbocycles. The highest BCUT2D eigenvalue weighted by Gasteiger charge is 2.30. The SMILES string of the molecule is C[C@](CSCc1ccccc1)(N=C=O)C(N)=O. The number of nitrogens with zero attached hydrogens (tertiary/aromatic N) is 1. The molecule has 0 bridgehead atoms. The highest BCUT2D eigenvalue weighted by atomic mass is 32.2. The molecular weight excluding hydrogens is 236 g/mol. The first kappa shape index (κ1) is 13.5. The maximum atomic E-state index is 11.2. The summed E-state index contributed by atoms with van der Waals surface area (Å²) < 4.78 is 0. The van der Waals surface area contributed by atoms with Gasteiger partial charge in [0.05, 0.1) is 0 Å². The molecule has 0 aromatic heterocycles. The number of nitrogens with two attached hydrogens (primary N) is 1. The fourth-order valence-electron chi connectivity index (χ4n) is 1.20. The zero-order valence-corrected chi connectivity index (χ0v) is 10.4. The van der Waals surface area contributed by atoms with Gasteiger partial charge in [-0.1, -0.05) is 30.3 Å². The minimum absolute atomic E-state index is 0.368. The monoisotopic (exact) mass is 250 g/mol.